The van der Waals surface area contributed by atoms with Crippen molar-refractivity contribution in [1.82, 2.24) is 0 Å². The van der Waals surface area contributed by atoms with E-state index in [1.165, 1.54) is 17.0 Å². The number of carboxylic acid groups (broad SMARTS) is 1. The molecule has 10 nitrogen and oxygen atoms in total. The first-order valence-electron chi connectivity index (χ1n) is 9.95. The van der Waals surface area contributed by atoms with Crippen molar-refractivity contribution in [3.63, 3.8) is 0 Å². The molecule has 1 saturated heterocycles. The van der Waals surface area contributed by atoms with Gasteiger partial charge in [-0.3, -0.25) is 14.6 Å². The monoisotopic (exact) mass is 474 g/mol. The van der Waals surface area contributed by atoms with Crippen molar-refractivity contribution in [1.29, 1.82) is 0 Å². The van der Waals surface area contributed by atoms with E-state index in [-0.39, 0.29) is 36.8 Å². The third kappa shape index (κ3) is 4.68. The van der Waals surface area contributed by atoms with Gasteiger partial charge in [0.2, 0.25) is 0 Å². The fraction of sp³-hybridized carbons (Fsp3) is 0.273. The molecule has 174 valence electrons. The smallest absolute Gasteiger partial charge is 0.337 e. The van der Waals surface area contributed by atoms with E-state index in [0.717, 1.165) is 16.7 Å². The van der Waals surface area contributed by atoms with Crippen LogP contribution in [0.5, 0.6) is 0 Å². The number of carbonyl (C=O) groups is 3. The topological polar surface area (TPSA) is 155 Å². The molecule has 1 fully saturated rings. The number of ether oxygens (including phenoxy) is 1. The number of fused-ring (bicyclic) bond motifs is 1. The minimum atomic E-state index is -1.79. The number of amides is 2. The van der Waals surface area contributed by atoms with E-state index in [2.05, 4.69) is 10.3 Å². The predicted octanol–water partition coefficient (Wildman–Crippen LogP) is 1.07. The summed E-state index contributed by atoms with van der Waals surface area (Å²) in [4.78, 5) is 42.6. The SMILES string of the molecule is Cc1ccc(N2CCO[C@H]([C@@H](O)C(=O)Nc3ccc4c(c3)CN=C4N)C2=O)c(C(=O)O)c1.Cl. The van der Waals surface area contributed by atoms with Crippen LogP contribution < -0.4 is 16.0 Å². The number of aliphatic hydroxyl groups excluding tert-OH is 1. The van der Waals surface area contributed by atoms with Gasteiger partial charge in [0, 0.05) is 17.8 Å². The average molecular weight is 475 g/mol. The number of aromatic carboxylic acids is 1. The molecule has 2 atom stereocenters. The summed E-state index contributed by atoms with van der Waals surface area (Å²) in [5, 5.41) is 22.6. The fourth-order valence-corrected chi connectivity index (χ4v) is 3.79. The minimum absolute atomic E-state index is 0. The van der Waals surface area contributed by atoms with Gasteiger partial charge in [-0.2, -0.15) is 0 Å². The van der Waals surface area contributed by atoms with Gasteiger partial charge in [-0.25, -0.2) is 4.79 Å². The molecule has 0 unspecified atom stereocenters. The summed E-state index contributed by atoms with van der Waals surface area (Å²) in [6.07, 6.45) is -3.27. The lowest BCUT2D eigenvalue weighted by Gasteiger charge is -2.34. The number of benzene rings is 2. The molecule has 0 aliphatic carbocycles. The molecule has 2 amide bonds. The van der Waals surface area contributed by atoms with Crippen molar-refractivity contribution in [2.24, 2.45) is 10.7 Å². The third-order valence-corrected chi connectivity index (χ3v) is 5.42. The molecular formula is C22H23ClN4O6. The van der Waals surface area contributed by atoms with Crippen LogP contribution in [-0.4, -0.2) is 59.2 Å². The van der Waals surface area contributed by atoms with Gasteiger partial charge in [0.25, 0.3) is 11.8 Å². The third-order valence-electron chi connectivity index (χ3n) is 5.42. The van der Waals surface area contributed by atoms with Crippen molar-refractivity contribution in [3.05, 3.63) is 58.7 Å². The van der Waals surface area contributed by atoms with Gasteiger partial charge in [0.1, 0.15) is 5.84 Å². The number of morpholine rings is 1. The molecule has 2 aromatic rings. The zero-order valence-electron chi connectivity index (χ0n) is 17.6. The molecule has 0 saturated carbocycles. The number of halogens is 1. The number of anilines is 2. The van der Waals surface area contributed by atoms with Crippen molar-refractivity contribution in [2.45, 2.75) is 25.7 Å². The summed E-state index contributed by atoms with van der Waals surface area (Å²) in [6, 6.07) is 9.72. The molecule has 2 heterocycles. The largest absolute Gasteiger partial charge is 0.478 e. The highest BCUT2D eigenvalue weighted by atomic mass is 35.5. The van der Waals surface area contributed by atoms with Crippen LogP contribution in [0.3, 0.4) is 0 Å². The number of hydrogen-bond acceptors (Lipinski definition) is 7. The summed E-state index contributed by atoms with van der Waals surface area (Å²) < 4.78 is 5.39. The van der Waals surface area contributed by atoms with E-state index in [0.29, 0.717) is 18.1 Å². The number of rotatable bonds is 5. The summed E-state index contributed by atoms with van der Waals surface area (Å²) in [5.74, 6) is -2.27. The second kappa shape index (κ2) is 9.57. The van der Waals surface area contributed by atoms with Crippen molar-refractivity contribution >= 4 is 47.4 Å². The molecule has 5 N–H and O–H groups in total. The number of nitrogens with one attached hydrogen (secondary N) is 1. The van der Waals surface area contributed by atoms with E-state index in [4.69, 9.17) is 10.5 Å². The Morgan fingerprint density at radius 2 is 2.03 bits per heavy atom. The first-order chi connectivity index (χ1) is 15.3. The number of nitrogens with zero attached hydrogens (tertiary/aromatic N) is 2. The van der Waals surface area contributed by atoms with Crippen LogP contribution in [0.15, 0.2) is 41.4 Å². The van der Waals surface area contributed by atoms with Crippen LogP contribution in [0.4, 0.5) is 11.4 Å². The molecule has 0 bridgehead atoms. The van der Waals surface area contributed by atoms with E-state index in [1.807, 2.05) is 0 Å². The zero-order chi connectivity index (χ0) is 23.0. The van der Waals surface area contributed by atoms with Gasteiger partial charge >= 0.3 is 5.97 Å². The first-order valence-corrected chi connectivity index (χ1v) is 9.95. The number of carbonyl (C=O) groups excluding carboxylic acids is 2. The molecule has 0 aromatic heterocycles. The molecule has 2 aromatic carbocycles. The number of hydrogen-bond donors (Lipinski definition) is 4. The summed E-state index contributed by atoms with van der Waals surface area (Å²) in [5.41, 5.74) is 8.70. The van der Waals surface area contributed by atoms with E-state index in [9.17, 15) is 24.6 Å². The summed E-state index contributed by atoms with van der Waals surface area (Å²) in [6.45, 7) is 2.27. The Kier molecular flexibility index (Phi) is 7.01. The lowest BCUT2D eigenvalue weighted by molar-refractivity contribution is -0.150. The normalized spacial score (nSPS) is 18.1. The highest BCUT2D eigenvalue weighted by Crippen LogP contribution is 2.26. The first kappa shape index (κ1) is 24.2. The van der Waals surface area contributed by atoms with Crippen LogP contribution in [-0.2, 0) is 20.9 Å². The van der Waals surface area contributed by atoms with Crippen LogP contribution in [0.25, 0.3) is 0 Å². The molecule has 11 heteroatoms. The van der Waals surface area contributed by atoms with Crippen molar-refractivity contribution < 1.29 is 29.3 Å². The van der Waals surface area contributed by atoms with Crippen LogP contribution in [0.2, 0.25) is 0 Å². The number of aryl methyl sites for hydroxylation is 1. The number of nitrogens with two attached hydrogens (primary N) is 1. The van der Waals surface area contributed by atoms with Crippen LogP contribution in [0, 0.1) is 6.92 Å². The number of aliphatic imine (C=N–C) groups is 1. The lowest BCUT2D eigenvalue weighted by Crippen LogP contribution is -2.55. The fourth-order valence-electron chi connectivity index (χ4n) is 3.79. The van der Waals surface area contributed by atoms with Crippen LogP contribution in [0.1, 0.15) is 27.0 Å². The molecule has 33 heavy (non-hydrogen) atoms. The average Bonchev–Trinajstić information content (AvgIpc) is 3.13. The molecule has 0 radical (unpaired) electrons. The highest BCUT2D eigenvalue weighted by molar-refractivity contribution is 6.07. The van der Waals surface area contributed by atoms with Gasteiger partial charge in [-0.15, -0.1) is 12.4 Å². The lowest BCUT2D eigenvalue weighted by atomic mass is 10.0. The van der Waals surface area contributed by atoms with E-state index in [1.54, 1.807) is 31.2 Å². The quantitative estimate of drug-likeness (QED) is 0.505. The minimum Gasteiger partial charge on any atom is -0.478 e. The van der Waals surface area contributed by atoms with Crippen molar-refractivity contribution in [2.75, 3.05) is 23.4 Å². The zero-order valence-corrected chi connectivity index (χ0v) is 18.5. The maximum atomic E-state index is 13.0. The van der Waals surface area contributed by atoms with Gasteiger partial charge in [0.05, 0.1) is 24.4 Å². The Labute approximate surface area is 195 Å². The van der Waals surface area contributed by atoms with Gasteiger partial charge < -0.3 is 30.9 Å². The Morgan fingerprint density at radius 1 is 1.27 bits per heavy atom. The molecule has 2 aliphatic heterocycles. The summed E-state index contributed by atoms with van der Waals surface area (Å²) >= 11 is 0. The second-order valence-corrected chi connectivity index (χ2v) is 7.61. The molecule has 0 spiro atoms. The standard InChI is InChI=1S/C22H22N4O6.ClH/c1-11-2-5-16(15(8-11)22(30)31)26-6-7-32-18(21(26)29)17(27)20(28)25-13-3-4-14-12(9-13)10-24-19(14)23;/h2-5,8-9,17-18,27H,6-7,10H2,1H3,(H2,23,24)(H,25,28)(H,30,31);1H/t17-,18-;/m1./s1. The maximum absolute atomic E-state index is 13.0. The Morgan fingerprint density at radius 3 is 2.76 bits per heavy atom. The summed E-state index contributed by atoms with van der Waals surface area (Å²) in [7, 11) is 0. The van der Waals surface area contributed by atoms with Crippen LogP contribution >= 0.6 is 12.4 Å². The van der Waals surface area contributed by atoms with E-state index >= 15 is 0 Å². The predicted molar refractivity (Wildman–Crippen MR) is 123 cm³/mol. The molecule has 4 rings (SSSR count). The number of carboxylic acids is 1. The van der Waals surface area contributed by atoms with Gasteiger partial charge in [-0.1, -0.05) is 11.6 Å². The second-order valence-electron chi connectivity index (χ2n) is 7.61. The van der Waals surface area contributed by atoms with Gasteiger partial charge in [0.15, 0.2) is 12.2 Å². The molecular weight excluding hydrogens is 452 g/mol. The molecule has 2 aliphatic rings. The Balaban J connectivity index is 0.00000306. The van der Waals surface area contributed by atoms with Gasteiger partial charge in [-0.05, 0) is 42.8 Å². The number of amidine groups is 1. The number of aliphatic hydroxyl groups is 1. The Hall–Kier alpha value is -3.47. The maximum Gasteiger partial charge on any atom is 0.337 e. The Bertz CT molecular complexity index is 1150. The van der Waals surface area contributed by atoms with E-state index < -0.39 is 30.0 Å². The highest BCUT2D eigenvalue weighted by Gasteiger charge is 2.40. The van der Waals surface area contributed by atoms with Crippen molar-refractivity contribution in [3.8, 4) is 0 Å².